The molecule has 1 atom stereocenters. The topological polar surface area (TPSA) is 34.1 Å². The van der Waals surface area contributed by atoms with Gasteiger partial charge in [-0.05, 0) is 11.3 Å². The molecule has 0 aliphatic heterocycles. The van der Waals surface area contributed by atoms with Gasteiger partial charge in [0.2, 0.25) is 0 Å². The third-order valence-corrected chi connectivity index (χ3v) is 2.92. The number of carbonyl (C=O) groups is 2. The molecule has 1 fully saturated rings. The van der Waals surface area contributed by atoms with Crippen molar-refractivity contribution in [1.29, 1.82) is 0 Å². The first-order valence-corrected chi connectivity index (χ1v) is 4.45. The summed E-state index contributed by atoms with van der Waals surface area (Å²) in [6.07, 6.45) is 1.28. The van der Waals surface area contributed by atoms with Gasteiger partial charge in [0.05, 0.1) is 6.42 Å². The Morgan fingerprint density at radius 3 is 2.42 bits per heavy atom. The van der Waals surface area contributed by atoms with Crippen LogP contribution in [0.15, 0.2) is 0 Å². The molecule has 68 valence electrons. The highest BCUT2D eigenvalue weighted by molar-refractivity contribution is 6.00. The molecule has 1 aliphatic rings. The molecule has 0 bridgehead atoms. The maximum atomic E-state index is 11.2. The quantitative estimate of drug-likeness (QED) is 0.409. The smallest absolute Gasteiger partial charge is 0.140 e. The average Bonchev–Trinajstić information content (AvgIpc) is 1.89. The van der Waals surface area contributed by atoms with Crippen LogP contribution in [0.1, 0.15) is 40.0 Å². The van der Waals surface area contributed by atoms with Gasteiger partial charge in [-0.2, -0.15) is 0 Å². The Morgan fingerprint density at radius 1 is 1.25 bits per heavy atom. The van der Waals surface area contributed by atoms with Crippen LogP contribution in [0.2, 0.25) is 0 Å². The van der Waals surface area contributed by atoms with Gasteiger partial charge in [0, 0.05) is 12.8 Å². The molecule has 0 amide bonds. The molecular formula is C10H16O2. The number of carbonyl (C=O) groups excluding carboxylic acids is 2. The second-order valence-electron chi connectivity index (χ2n) is 4.52. The van der Waals surface area contributed by atoms with Crippen LogP contribution in [-0.2, 0) is 9.59 Å². The zero-order valence-corrected chi connectivity index (χ0v) is 8.02. The Morgan fingerprint density at radius 2 is 1.83 bits per heavy atom. The summed E-state index contributed by atoms with van der Waals surface area (Å²) in [6.45, 7) is 6.18. The van der Waals surface area contributed by atoms with Gasteiger partial charge in [0.15, 0.2) is 0 Å². The predicted molar refractivity (Wildman–Crippen MR) is 46.8 cm³/mol. The lowest BCUT2D eigenvalue weighted by Crippen LogP contribution is -2.22. The van der Waals surface area contributed by atoms with Gasteiger partial charge in [-0.3, -0.25) is 9.59 Å². The van der Waals surface area contributed by atoms with E-state index in [-0.39, 0.29) is 23.4 Å². The van der Waals surface area contributed by atoms with E-state index in [2.05, 4.69) is 20.8 Å². The Bertz CT molecular complexity index is 216. The van der Waals surface area contributed by atoms with E-state index in [1.54, 1.807) is 0 Å². The van der Waals surface area contributed by atoms with Crippen molar-refractivity contribution in [3.05, 3.63) is 0 Å². The molecule has 0 aromatic rings. The largest absolute Gasteiger partial charge is 0.299 e. The molecule has 1 saturated carbocycles. The minimum atomic E-state index is 0.00322. The van der Waals surface area contributed by atoms with Crippen LogP contribution in [0.25, 0.3) is 0 Å². The third kappa shape index (κ3) is 1.93. The van der Waals surface area contributed by atoms with E-state index in [0.29, 0.717) is 18.8 Å². The van der Waals surface area contributed by atoms with E-state index in [1.165, 1.54) is 0 Å². The zero-order valence-electron chi connectivity index (χ0n) is 8.02. The van der Waals surface area contributed by atoms with E-state index >= 15 is 0 Å². The summed E-state index contributed by atoms with van der Waals surface area (Å²) >= 11 is 0. The van der Waals surface area contributed by atoms with Crippen molar-refractivity contribution in [1.82, 2.24) is 0 Å². The molecule has 1 rings (SSSR count). The Kier molecular flexibility index (Phi) is 2.36. The number of ketones is 2. The van der Waals surface area contributed by atoms with Crippen LogP contribution in [0.4, 0.5) is 0 Å². The van der Waals surface area contributed by atoms with Crippen molar-refractivity contribution in [2.75, 3.05) is 0 Å². The molecule has 2 nitrogen and oxygen atoms in total. The first-order valence-electron chi connectivity index (χ1n) is 4.45. The average molecular weight is 168 g/mol. The van der Waals surface area contributed by atoms with Crippen molar-refractivity contribution < 1.29 is 9.59 Å². The van der Waals surface area contributed by atoms with E-state index in [0.717, 1.165) is 0 Å². The fourth-order valence-electron chi connectivity index (χ4n) is 1.65. The number of rotatable bonds is 0. The summed E-state index contributed by atoms with van der Waals surface area (Å²) in [5, 5.41) is 0. The fraction of sp³-hybridized carbons (Fsp3) is 0.800. The summed E-state index contributed by atoms with van der Waals surface area (Å²) in [5.74, 6) is 0.545. The van der Waals surface area contributed by atoms with Crippen LogP contribution < -0.4 is 0 Å². The van der Waals surface area contributed by atoms with Crippen LogP contribution in [0.5, 0.6) is 0 Å². The molecule has 1 aliphatic carbocycles. The molecule has 2 heteroatoms. The summed E-state index contributed by atoms with van der Waals surface area (Å²) < 4.78 is 0. The summed E-state index contributed by atoms with van der Waals surface area (Å²) in [7, 11) is 0. The number of hydrogen-bond acceptors (Lipinski definition) is 2. The Balaban J connectivity index is 2.82. The van der Waals surface area contributed by atoms with Crippen molar-refractivity contribution in [3.63, 3.8) is 0 Å². The molecule has 0 unspecified atom stereocenters. The molecule has 0 saturated heterocycles. The lowest BCUT2D eigenvalue weighted by molar-refractivity contribution is -0.126. The highest BCUT2D eigenvalue weighted by atomic mass is 16.1. The van der Waals surface area contributed by atoms with Gasteiger partial charge in [0.1, 0.15) is 11.6 Å². The molecule has 0 heterocycles. The van der Waals surface area contributed by atoms with Gasteiger partial charge in [-0.25, -0.2) is 0 Å². The lowest BCUT2D eigenvalue weighted by Gasteiger charge is -2.28. The highest BCUT2D eigenvalue weighted by Gasteiger charge is 2.33. The van der Waals surface area contributed by atoms with Gasteiger partial charge in [0.25, 0.3) is 0 Å². The third-order valence-electron chi connectivity index (χ3n) is 2.92. The second kappa shape index (κ2) is 3.00. The fourth-order valence-corrected chi connectivity index (χ4v) is 1.65. The predicted octanol–water partition coefficient (Wildman–Crippen LogP) is 1.97. The molecule has 0 radical (unpaired) electrons. The summed E-state index contributed by atoms with van der Waals surface area (Å²) in [6, 6.07) is 0. The standard InChI is InChI=1S/C10H16O2/c1-7-4-8(11)5-9(12)6-10(7,2)3/h7H,4-6H2,1-3H3/t7-/m0/s1. The maximum absolute atomic E-state index is 11.2. The lowest BCUT2D eigenvalue weighted by atomic mass is 9.76. The van der Waals surface area contributed by atoms with Crippen LogP contribution in [-0.4, -0.2) is 11.6 Å². The molecule has 12 heavy (non-hydrogen) atoms. The van der Waals surface area contributed by atoms with Gasteiger partial charge in [-0.15, -0.1) is 0 Å². The summed E-state index contributed by atoms with van der Waals surface area (Å²) in [5.41, 5.74) is 0.00322. The molecular weight excluding hydrogens is 152 g/mol. The first kappa shape index (κ1) is 9.43. The van der Waals surface area contributed by atoms with E-state index < -0.39 is 0 Å². The van der Waals surface area contributed by atoms with Crippen LogP contribution in [0.3, 0.4) is 0 Å². The molecule has 0 spiro atoms. The highest BCUT2D eigenvalue weighted by Crippen LogP contribution is 2.36. The SMILES string of the molecule is C[C@H]1CC(=O)CC(=O)CC1(C)C. The number of hydrogen-bond donors (Lipinski definition) is 0. The molecule has 0 N–H and O–H groups in total. The number of Topliss-reactive ketones (excluding diaryl/α,β-unsaturated/α-hetero) is 2. The van der Waals surface area contributed by atoms with Crippen LogP contribution in [0, 0.1) is 11.3 Å². The van der Waals surface area contributed by atoms with E-state index in [4.69, 9.17) is 0 Å². The van der Waals surface area contributed by atoms with Gasteiger partial charge < -0.3 is 0 Å². The minimum absolute atomic E-state index is 0.00322. The Labute approximate surface area is 73.3 Å². The first-order chi connectivity index (χ1) is 5.42. The van der Waals surface area contributed by atoms with Crippen molar-refractivity contribution in [2.24, 2.45) is 11.3 Å². The van der Waals surface area contributed by atoms with Gasteiger partial charge >= 0.3 is 0 Å². The van der Waals surface area contributed by atoms with Crippen molar-refractivity contribution in [2.45, 2.75) is 40.0 Å². The Hall–Kier alpha value is -0.660. The summed E-state index contributed by atoms with van der Waals surface area (Å²) in [4.78, 5) is 22.4. The van der Waals surface area contributed by atoms with Gasteiger partial charge in [-0.1, -0.05) is 20.8 Å². The van der Waals surface area contributed by atoms with E-state index in [9.17, 15) is 9.59 Å². The molecule has 0 aromatic carbocycles. The normalized spacial score (nSPS) is 30.1. The van der Waals surface area contributed by atoms with Crippen LogP contribution >= 0.6 is 0 Å². The van der Waals surface area contributed by atoms with Crippen molar-refractivity contribution >= 4 is 11.6 Å². The minimum Gasteiger partial charge on any atom is -0.299 e. The van der Waals surface area contributed by atoms with E-state index in [1.807, 2.05) is 0 Å². The molecule has 0 aromatic heterocycles. The maximum Gasteiger partial charge on any atom is 0.140 e. The monoisotopic (exact) mass is 168 g/mol. The van der Waals surface area contributed by atoms with Crippen molar-refractivity contribution in [3.8, 4) is 0 Å². The second-order valence-corrected chi connectivity index (χ2v) is 4.52. The zero-order chi connectivity index (χ0) is 9.35.